The number of allylic oxidation sites excluding steroid dienone is 1. The smallest absolute Gasteiger partial charge is 0.0229 e. The maximum Gasteiger partial charge on any atom is 0.0229 e. The molecule has 1 rings (SSSR count). The van der Waals surface area contributed by atoms with E-state index in [0.717, 1.165) is 0 Å². The van der Waals surface area contributed by atoms with Gasteiger partial charge in [-0.1, -0.05) is 31.4 Å². The van der Waals surface area contributed by atoms with Crippen molar-refractivity contribution in [2.24, 2.45) is 5.73 Å². The van der Waals surface area contributed by atoms with Gasteiger partial charge in [-0.25, -0.2) is 0 Å². The average Bonchev–Trinajstić information content (AvgIpc) is 2.37. The summed E-state index contributed by atoms with van der Waals surface area (Å²) in [7, 11) is 0. The van der Waals surface area contributed by atoms with Crippen molar-refractivity contribution < 1.29 is 0 Å². The number of rotatable bonds is 4. The van der Waals surface area contributed by atoms with Crippen molar-refractivity contribution >= 4 is 0 Å². The van der Waals surface area contributed by atoms with Crippen LogP contribution in [0.2, 0.25) is 0 Å². The molecule has 11 heavy (non-hydrogen) atoms. The Morgan fingerprint density at radius 3 is 2.91 bits per heavy atom. The summed E-state index contributed by atoms with van der Waals surface area (Å²) in [6.45, 7) is 2.24. The van der Waals surface area contributed by atoms with E-state index >= 15 is 0 Å². The first-order chi connectivity index (χ1) is 5.33. The van der Waals surface area contributed by atoms with Gasteiger partial charge in [-0.3, -0.25) is 0 Å². The Kier molecular flexibility index (Phi) is 3.64. The zero-order chi connectivity index (χ0) is 8.10. The van der Waals surface area contributed by atoms with Crippen LogP contribution in [0.5, 0.6) is 0 Å². The van der Waals surface area contributed by atoms with Crippen molar-refractivity contribution in [1.82, 2.24) is 0 Å². The molecule has 0 bridgehead atoms. The molecule has 1 unspecified atom stereocenters. The first kappa shape index (κ1) is 8.79. The van der Waals surface area contributed by atoms with Crippen LogP contribution in [0, 0.1) is 0 Å². The van der Waals surface area contributed by atoms with Gasteiger partial charge in [0.15, 0.2) is 0 Å². The zero-order valence-corrected chi connectivity index (χ0v) is 7.47. The Balaban J connectivity index is 2.12. The van der Waals surface area contributed by atoms with Crippen molar-refractivity contribution in [1.29, 1.82) is 0 Å². The summed E-state index contributed by atoms with van der Waals surface area (Å²) in [5.74, 6) is 0. The third kappa shape index (κ3) is 3.06. The second-order valence-electron chi connectivity index (χ2n) is 3.48. The van der Waals surface area contributed by atoms with E-state index in [1.54, 1.807) is 5.57 Å². The van der Waals surface area contributed by atoms with E-state index in [0.29, 0.717) is 6.04 Å². The molecule has 0 amide bonds. The Bertz CT molecular complexity index is 138. The Morgan fingerprint density at radius 1 is 1.55 bits per heavy atom. The van der Waals surface area contributed by atoms with E-state index in [1.807, 2.05) is 0 Å². The van der Waals surface area contributed by atoms with Crippen LogP contribution >= 0.6 is 0 Å². The van der Waals surface area contributed by atoms with E-state index < -0.39 is 0 Å². The molecule has 1 aliphatic carbocycles. The van der Waals surface area contributed by atoms with Gasteiger partial charge in [0.05, 0.1) is 0 Å². The van der Waals surface area contributed by atoms with Crippen molar-refractivity contribution in [3.05, 3.63) is 11.6 Å². The van der Waals surface area contributed by atoms with Crippen molar-refractivity contribution in [3.8, 4) is 0 Å². The summed E-state index contributed by atoms with van der Waals surface area (Å²) in [4.78, 5) is 0. The Morgan fingerprint density at radius 2 is 2.36 bits per heavy atom. The predicted molar refractivity (Wildman–Crippen MR) is 49.4 cm³/mol. The lowest BCUT2D eigenvalue weighted by molar-refractivity contribution is 0.696. The first-order valence-corrected chi connectivity index (χ1v) is 4.78. The molecule has 0 aromatic rings. The summed E-state index contributed by atoms with van der Waals surface area (Å²) < 4.78 is 0. The molecule has 0 fully saturated rings. The molecule has 0 aliphatic heterocycles. The van der Waals surface area contributed by atoms with Gasteiger partial charge in [0.1, 0.15) is 0 Å². The fraction of sp³-hybridized carbons (Fsp3) is 0.800. The summed E-state index contributed by atoms with van der Waals surface area (Å²) in [6.07, 6.45) is 10.0. The summed E-state index contributed by atoms with van der Waals surface area (Å²) >= 11 is 0. The van der Waals surface area contributed by atoms with Gasteiger partial charge in [-0.05, 0) is 25.7 Å². The molecule has 1 atom stereocenters. The number of hydrogen-bond donors (Lipinski definition) is 1. The Hall–Kier alpha value is -0.300. The molecule has 1 nitrogen and oxygen atoms in total. The predicted octanol–water partition coefficient (Wildman–Crippen LogP) is 2.61. The fourth-order valence-electron chi connectivity index (χ4n) is 1.63. The second kappa shape index (κ2) is 4.55. The maximum absolute atomic E-state index is 5.75. The monoisotopic (exact) mass is 153 g/mol. The van der Waals surface area contributed by atoms with Gasteiger partial charge < -0.3 is 5.73 Å². The lowest BCUT2D eigenvalue weighted by Crippen LogP contribution is -2.11. The highest BCUT2D eigenvalue weighted by Gasteiger charge is 2.10. The molecule has 0 heterocycles. The van der Waals surface area contributed by atoms with Gasteiger partial charge in [0, 0.05) is 6.04 Å². The minimum absolute atomic E-state index is 0.367. The molecule has 0 radical (unpaired) electrons. The van der Waals surface area contributed by atoms with Gasteiger partial charge in [0.25, 0.3) is 0 Å². The minimum atomic E-state index is 0.367. The van der Waals surface area contributed by atoms with Crippen LogP contribution < -0.4 is 5.73 Å². The molecule has 1 heteroatoms. The van der Waals surface area contributed by atoms with E-state index in [-0.39, 0.29) is 0 Å². The number of nitrogens with two attached hydrogens (primary N) is 1. The maximum atomic E-state index is 5.75. The summed E-state index contributed by atoms with van der Waals surface area (Å²) in [5, 5.41) is 0. The van der Waals surface area contributed by atoms with Crippen LogP contribution in [0.25, 0.3) is 0 Å². The van der Waals surface area contributed by atoms with E-state index in [4.69, 9.17) is 5.73 Å². The molecule has 0 aromatic heterocycles. The third-order valence-corrected chi connectivity index (χ3v) is 2.35. The molecule has 0 spiro atoms. The Labute approximate surface area is 69.7 Å². The second-order valence-corrected chi connectivity index (χ2v) is 3.48. The van der Waals surface area contributed by atoms with E-state index in [9.17, 15) is 0 Å². The van der Waals surface area contributed by atoms with Gasteiger partial charge >= 0.3 is 0 Å². The van der Waals surface area contributed by atoms with E-state index in [1.165, 1.54) is 38.5 Å². The van der Waals surface area contributed by atoms with Gasteiger partial charge in [0.2, 0.25) is 0 Å². The van der Waals surface area contributed by atoms with Gasteiger partial charge in [-0.2, -0.15) is 0 Å². The molecule has 0 saturated heterocycles. The molecule has 1 aliphatic rings. The SMILES string of the molecule is CCCCCC1=CC(N)CC1. The average molecular weight is 153 g/mol. The van der Waals surface area contributed by atoms with Crippen LogP contribution in [0.4, 0.5) is 0 Å². The number of hydrogen-bond acceptors (Lipinski definition) is 1. The van der Waals surface area contributed by atoms with E-state index in [2.05, 4.69) is 13.0 Å². The molecular weight excluding hydrogens is 134 g/mol. The molecule has 2 N–H and O–H groups in total. The van der Waals surface area contributed by atoms with Crippen LogP contribution in [0.1, 0.15) is 45.4 Å². The van der Waals surface area contributed by atoms with Crippen molar-refractivity contribution in [2.75, 3.05) is 0 Å². The lowest BCUT2D eigenvalue weighted by atomic mass is 10.1. The fourth-order valence-corrected chi connectivity index (χ4v) is 1.63. The van der Waals surface area contributed by atoms with Crippen molar-refractivity contribution in [2.45, 2.75) is 51.5 Å². The molecule has 64 valence electrons. The van der Waals surface area contributed by atoms with Crippen LogP contribution in [-0.4, -0.2) is 6.04 Å². The highest BCUT2D eigenvalue weighted by molar-refractivity contribution is 5.12. The van der Waals surface area contributed by atoms with Crippen molar-refractivity contribution in [3.63, 3.8) is 0 Å². The first-order valence-electron chi connectivity index (χ1n) is 4.78. The zero-order valence-electron chi connectivity index (χ0n) is 7.47. The largest absolute Gasteiger partial charge is 0.324 e. The normalized spacial score (nSPS) is 23.8. The number of unbranched alkanes of at least 4 members (excludes halogenated alkanes) is 2. The molecule has 0 aromatic carbocycles. The molecule has 0 saturated carbocycles. The minimum Gasteiger partial charge on any atom is -0.324 e. The third-order valence-electron chi connectivity index (χ3n) is 2.35. The summed E-state index contributed by atoms with van der Waals surface area (Å²) in [6, 6.07) is 0.367. The van der Waals surface area contributed by atoms with Gasteiger partial charge in [-0.15, -0.1) is 0 Å². The standard InChI is InChI=1S/C10H19N/c1-2-3-4-5-9-6-7-10(11)8-9/h8,10H,2-7,11H2,1H3. The summed E-state index contributed by atoms with van der Waals surface area (Å²) in [5.41, 5.74) is 7.36. The highest BCUT2D eigenvalue weighted by atomic mass is 14.6. The van der Waals surface area contributed by atoms with Crippen LogP contribution in [0.3, 0.4) is 0 Å². The highest BCUT2D eigenvalue weighted by Crippen LogP contribution is 2.22. The van der Waals surface area contributed by atoms with Crippen LogP contribution in [0.15, 0.2) is 11.6 Å². The topological polar surface area (TPSA) is 26.0 Å². The van der Waals surface area contributed by atoms with Crippen LogP contribution in [-0.2, 0) is 0 Å². The quantitative estimate of drug-likeness (QED) is 0.487. The lowest BCUT2D eigenvalue weighted by Gasteiger charge is -1.98. The molecular formula is C10H19N.